The van der Waals surface area contributed by atoms with Gasteiger partial charge in [0, 0.05) is 26.3 Å². The molecule has 1 amide bonds. The fourth-order valence-electron chi connectivity index (χ4n) is 3.56. The van der Waals surface area contributed by atoms with Gasteiger partial charge in [0.15, 0.2) is 0 Å². The van der Waals surface area contributed by atoms with Crippen LogP contribution in [0.3, 0.4) is 0 Å². The standard InChI is InChI=1S/C17H24N2O2.ClH/c1-16(18,14-5-3-2-4-6-14)15(20)19-10-7-17(13-19)8-11-21-12-9-17;/h2-6H,7-13,18H2,1H3;1H. The van der Waals surface area contributed by atoms with E-state index in [1.54, 1.807) is 0 Å². The molecule has 0 bridgehead atoms. The summed E-state index contributed by atoms with van der Waals surface area (Å²) < 4.78 is 5.46. The van der Waals surface area contributed by atoms with Crippen molar-refractivity contribution in [1.82, 2.24) is 4.90 Å². The molecule has 22 heavy (non-hydrogen) atoms. The molecule has 1 spiro atoms. The van der Waals surface area contributed by atoms with Gasteiger partial charge in [-0.2, -0.15) is 0 Å². The Bertz CT molecular complexity index is 513. The van der Waals surface area contributed by atoms with Crippen molar-refractivity contribution in [3.05, 3.63) is 35.9 Å². The normalized spacial score (nSPS) is 22.9. The van der Waals surface area contributed by atoms with Gasteiger partial charge in [0.1, 0.15) is 5.54 Å². The average molecular weight is 325 g/mol. The molecule has 2 heterocycles. The number of hydrogen-bond donors (Lipinski definition) is 1. The number of benzene rings is 1. The number of ether oxygens (including phenoxy) is 1. The number of likely N-dealkylation sites (tertiary alicyclic amines) is 1. The van der Waals surface area contributed by atoms with Crippen LogP contribution in [0, 0.1) is 5.41 Å². The van der Waals surface area contributed by atoms with Crippen LogP contribution in [0.4, 0.5) is 0 Å². The summed E-state index contributed by atoms with van der Waals surface area (Å²) >= 11 is 0. The average Bonchev–Trinajstić information content (AvgIpc) is 2.91. The van der Waals surface area contributed by atoms with Crippen molar-refractivity contribution < 1.29 is 9.53 Å². The molecular weight excluding hydrogens is 300 g/mol. The third-order valence-corrected chi connectivity index (χ3v) is 5.10. The molecule has 5 heteroatoms. The van der Waals surface area contributed by atoms with Gasteiger partial charge < -0.3 is 15.4 Å². The maximum atomic E-state index is 12.9. The van der Waals surface area contributed by atoms with E-state index in [2.05, 4.69) is 0 Å². The maximum Gasteiger partial charge on any atom is 0.246 e. The number of hydrogen-bond acceptors (Lipinski definition) is 3. The first-order chi connectivity index (χ1) is 10.0. The Morgan fingerprint density at radius 1 is 1.23 bits per heavy atom. The highest BCUT2D eigenvalue weighted by atomic mass is 35.5. The monoisotopic (exact) mass is 324 g/mol. The third kappa shape index (κ3) is 3.14. The van der Waals surface area contributed by atoms with Crippen molar-refractivity contribution in [2.45, 2.75) is 31.7 Å². The predicted molar refractivity (Wildman–Crippen MR) is 88.9 cm³/mol. The van der Waals surface area contributed by atoms with E-state index in [1.807, 2.05) is 42.2 Å². The molecule has 4 nitrogen and oxygen atoms in total. The number of nitrogens with two attached hydrogens (primary N) is 1. The van der Waals surface area contributed by atoms with Crippen LogP contribution in [-0.2, 0) is 15.1 Å². The highest BCUT2D eigenvalue weighted by molar-refractivity contribution is 5.87. The Hall–Kier alpha value is -1.10. The van der Waals surface area contributed by atoms with Gasteiger partial charge in [0.2, 0.25) is 5.91 Å². The summed E-state index contributed by atoms with van der Waals surface area (Å²) in [4.78, 5) is 14.8. The first kappa shape index (κ1) is 17.3. The second kappa shape index (κ2) is 6.57. The SMILES string of the molecule is CC(N)(C(=O)N1CCC2(CCOCC2)C1)c1ccccc1.Cl. The van der Waals surface area contributed by atoms with Gasteiger partial charge in [-0.15, -0.1) is 12.4 Å². The van der Waals surface area contributed by atoms with Crippen molar-refractivity contribution in [2.75, 3.05) is 26.3 Å². The molecular formula is C17H25ClN2O2. The summed E-state index contributed by atoms with van der Waals surface area (Å²) in [7, 11) is 0. The molecule has 1 aromatic rings. The number of carbonyl (C=O) groups excluding carboxylic acids is 1. The smallest absolute Gasteiger partial charge is 0.246 e. The number of rotatable bonds is 2. The van der Waals surface area contributed by atoms with Gasteiger partial charge in [-0.3, -0.25) is 4.79 Å². The van der Waals surface area contributed by atoms with Crippen molar-refractivity contribution in [2.24, 2.45) is 11.1 Å². The van der Waals surface area contributed by atoms with Crippen LogP contribution in [-0.4, -0.2) is 37.1 Å². The molecule has 0 saturated carbocycles. The van der Waals surface area contributed by atoms with E-state index in [4.69, 9.17) is 10.5 Å². The van der Waals surface area contributed by atoms with E-state index < -0.39 is 5.54 Å². The predicted octanol–water partition coefficient (Wildman–Crippen LogP) is 2.31. The van der Waals surface area contributed by atoms with Crippen molar-refractivity contribution in [1.29, 1.82) is 0 Å². The summed E-state index contributed by atoms with van der Waals surface area (Å²) in [6, 6.07) is 9.66. The topological polar surface area (TPSA) is 55.6 Å². The van der Waals surface area contributed by atoms with E-state index in [1.165, 1.54) is 0 Å². The Balaban J connectivity index is 0.00000176. The van der Waals surface area contributed by atoms with Gasteiger partial charge in [-0.05, 0) is 37.2 Å². The van der Waals surface area contributed by atoms with E-state index in [0.29, 0.717) is 0 Å². The van der Waals surface area contributed by atoms with Crippen LogP contribution in [0.5, 0.6) is 0 Å². The molecule has 1 unspecified atom stereocenters. The van der Waals surface area contributed by atoms with Gasteiger partial charge in [-0.25, -0.2) is 0 Å². The first-order valence-corrected chi connectivity index (χ1v) is 7.75. The number of halogens is 1. The van der Waals surface area contributed by atoms with Gasteiger partial charge in [0.05, 0.1) is 0 Å². The molecule has 0 aliphatic carbocycles. The largest absolute Gasteiger partial charge is 0.381 e. The second-order valence-corrected chi connectivity index (χ2v) is 6.66. The van der Waals surface area contributed by atoms with Crippen LogP contribution in [0.25, 0.3) is 0 Å². The van der Waals surface area contributed by atoms with Gasteiger partial charge >= 0.3 is 0 Å². The molecule has 3 rings (SSSR count). The molecule has 1 atom stereocenters. The van der Waals surface area contributed by atoms with Crippen molar-refractivity contribution >= 4 is 18.3 Å². The summed E-state index contributed by atoms with van der Waals surface area (Å²) in [5.74, 6) is 0.0390. The Morgan fingerprint density at radius 2 is 1.86 bits per heavy atom. The van der Waals surface area contributed by atoms with Crippen LogP contribution in [0.15, 0.2) is 30.3 Å². The first-order valence-electron chi connectivity index (χ1n) is 7.75. The lowest BCUT2D eigenvalue weighted by Crippen LogP contribution is -2.50. The minimum absolute atomic E-state index is 0. The second-order valence-electron chi connectivity index (χ2n) is 6.66. The fraction of sp³-hybridized carbons (Fsp3) is 0.588. The van der Waals surface area contributed by atoms with Gasteiger partial charge in [0.25, 0.3) is 0 Å². The van der Waals surface area contributed by atoms with Crippen LogP contribution in [0.1, 0.15) is 31.7 Å². The Kier molecular flexibility index (Phi) is 5.15. The molecule has 122 valence electrons. The summed E-state index contributed by atoms with van der Waals surface area (Å²) in [5, 5.41) is 0. The van der Waals surface area contributed by atoms with E-state index in [-0.39, 0.29) is 23.7 Å². The quantitative estimate of drug-likeness (QED) is 0.908. The molecule has 2 aliphatic rings. The van der Waals surface area contributed by atoms with E-state index in [9.17, 15) is 4.79 Å². The minimum atomic E-state index is -0.946. The Morgan fingerprint density at radius 3 is 2.50 bits per heavy atom. The molecule has 0 aromatic heterocycles. The molecule has 2 aliphatic heterocycles. The van der Waals surface area contributed by atoms with Crippen LogP contribution >= 0.6 is 12.4 Å². The number of amides is 1. The van der Waals surface area contributed by atoms with Gasteiger partial charge in [-0.1, -0.05) is 30.3 Å². The van der Waals surface area contributed by atoms with Crippen LogP contribution < -0.4 is 5.73 Å². The minimum Gasteiger partial charge on any atom is -0.381 e. The molecule has 2 saturated heterocycles. The zero-order valence-electron chi connectivity index (χ0n) is 13.1. The van der Waals surface area contributed by atoms with Crippen LogP contribution in [0.2, 0.25) is 0 Å². The highest BCUT2D eigenvalue weighted by Gasteiger charge is 2.44. The van der Waals surface area contributed by atoms with E-state index in [0.717, 1.165) is 51.1 Å². The fourth-order valence-corrected chi connectivity index (χ4v) is 3.56. The summed E-state index contributed by atoms with van der Waals surface area (Å²) in [5.41, 5.74) is 6.56. The number of carbonyl (C=O) groups is 1. The van der Waals surface area contributed by atoms with E-state index >= 15 is 0 Å². The lowest BCUT2D eigenvalue weighted by atomic mass is 9.79. The number of nitrogens with zero attached hydrogens (tertiary/aromatic N) is 1. The third-order valence-electron chi connectivity index (χ3n) is 5.10. The van der Waals surface area contributed by atoms with Crippen molar-refractivity contribution in [3.8, 4) is 0 Å². The maximum absolute atomic E-state index is 12.9. The molecule has 0 radical (unpaired) electrons. The highest BCUT2D eigenvalue weighted by Crippen LogP contribution is 2.40. The summed E-state index contributed by atoms with van der Waals surface area (Å²) in [6.45, 7) is 5.11. The lowest BCUT2D eigenvalue weighted by Gasteiger charge is -2.35. The zero-order valence-corrected chi connectivity index (χ0v) is 13.9. The van der Waals surface area contributed by atoms with Crippen molar-refractivity contribution in [3.63, 3.8) is 0 Å². The zero-order chi connectivity index (χ0) is 14.9. The Labute approximate surface area is 138 Å². The summed E-state index contributed by atoms with van der Waals surface area (Å²) in [6.07, 6.45) is 3.19. The molecule has 2 N–H and O–H groups in total. The molecule has 1 aromatic carbocycles. The molecule has 2 fully saturated rings. The lowest BCUT2D eigenvalue weighted by molar-refractivity contribution is -0.136.